The molecule has 0 unspecified atom stereocenters. The van der Waals surface area contributed by atoms with Crippen LogP contribution in [0.1, 0.15) is 17.1 Å². The Kier molecular flexibility index (Phi) is 3.70. The topological polar surface area (TPSA) is 82.1 Å². The second-order valence-corrected chi connectivity index (χ2v) is 6.31. The highest BCUT2D eigenvalue weighted by molar-refractivity contribution is 6.35. The lowest BCUT2D eigenvalue weighted by atomic mass is 10.0. The van der Waals surface area contributed by atoms with Crippen LogP contribution >= 0.6 is 11.6 Å². The molecule has 0 aliphatic carbocycles. The molecular formula is C17H15ClN4O2. The number of aromatic nitrogens is 3. The maximum atomic E-state index is 11.6. The van der Waals surface area contributed by atoms with E-state index in [4.69, 9.17) is 11.6 Å². The number of H-pyrrole nitrogens is 1. The third kappa shape index (κ3) is 2.64. The number of fused-ring (bicyclic) bond motifs is 2. The van der Waals surface area contributed by atoms with Crippen LogP contribution in [-0.4, -0.2) is 37.0 Å². The fourth-order valence-corrected chi connectivity index (χ4v) is 3.37. The highest BCUT2D eigenvalue weighted by Gasteiger charge is 2.33. The number of nitrogens with zero attached hydrogens (tertiary/aromatic N) is 3. The molecule has 0 amide bonds. The average molecular weight is 343 g/mol. The number of hydrogen-bond acceptors (Lipinski definition) is 4. The minimum Gasteiger partial charge on any atom is -0.480 e. The van der Waals surface area contributed by atoms with Gasteiger partial charge in [-0.2, -0.15) is 0 Å². The van der Waals surface area contributed by atoms with Crippen molar-refractivity contribution in [2.24, 2.45) is 0 Å². The monoisotopic (exact) mass is 342 g/mol. The van der Waals surface area contributed by atoms with Crippen molar-refractivity contribution in [2.75, 3.05) is 0 Å². The smallest absolute Gasteiger partial charge is 0.321 e. The number of aromatic amines is 1. The van der Waals surface area contributed by atoms with Gasteiger partial charge in [-0.25, -0.2) is 9.97 Å². The van der Waals surface area contributed by atoms with Gasteiger partial charge in [0.1, 0.15) is 6.04 Å². The second-order valence-electron chi connectivity index (χ2n) is 5.91. The van der Waals surface area contributed by atoms with Crippen LogP contribution in [0.5, 0.6) is 0 Å². The van der Waals surface area contributed by atoms with Crippen LogP contribution in [0, 0.1) is 0 Å². The van der Waals surface area contributed by atoms with Gasteiger partial charge in [0, 0.05) is 24.9 Å². The first kappa shape index (κ1) is 15.1. The number of para-hydroxylation sites is 1. The van der Waals surface area contributed by atoms with E-state index >= 15 is 0 Å². The Morgan fingerprint density at radius 2 is 2.25 bits per heavy atom. The van der Waals surface area contributed by atoms with Crippen molar-refractivity contribution in [3.8, 4) is 0 Å². The third-order valence-corrected chi connectivity index (χ3v) is 4.68. The maximum Gasteiger partial charge on any atom is 0.321 e. The van der Waals surface area contributed by atoms with Crippen molar-refractivity contribution < 1.29 is 9.90 Å². The van der Waals surface area contributed by atoms with Crippen LogP contribution < -0.4 is 0 Å². The molecule has 0 saturated heterocycles. The van der Waals surface area contributed by atoms with Gasteiger partial charge in [-0.1, -0.05) is 29.8 Å². The van der Waals surface area contributed by atoms with Crippen molar-refractivity contribution in [2.45, 2.75) is 25.6 Å². The van der Waals surface area contributed by atoms with Gasteiger partial charge < -0.3 is 10.1 Å². The minimum absolute atomic E-state index is 0.391. The lowest BCUT2D eigenvalue weighted by Crippen LogP contribution is -2.45. The van der Waals surface area contributed by atoms with Crippen LogP contribution in [0.25, 0.3) is 10.9 Å². The molecule has 6 nitrogen and oxygen atoms in total. The van der Waals surface area contributed by atoms with E-state index < -0.39 is 12.0 Å². The summed E-state index contributed by atoms with van der Waals surface area (Å²) in [6, 6.07) is 8.92. The molecule has 3 aromatic rings. The van der Waals surface area contributed by atoms with Crippen LogP contribution in [0.15, 0.2) is 36.7 Å². The number of nitrogens with one attached hydrogen (secondary N) is 1. The highest BCUT2D eigenvalue weighted by atomic mass is 35.5. The Morgan fingerprint density at radius 1 is 1.38 bits per heavy atom. The van der Waals surface area contributed by atoms with Gasteiger partial charge >= 0.3 is 5.97 Å². The number of rotatable bonds is 3. The molecule has 2 aromatic heterocycles. The predicted molar refractivity (Wildman–Crippen MR) is 89.7 cm³/mol. The molecule has 0 fully saturated rings. The Morgan fingerprint density at radius 3 is 3.08 bits per heavy atom. The van der Waals surface area contributed by atoms with E-state index in [0.717, 1.165) is 28.0 Å². The fraction of sp³-hybridized carbons (Fsp3) is 0.235. The number of carbonyl (C=O) groups is 1. The molecule has 1 atom stereocenters. The molecule has 4 rings (SSSR count). The van der Waals surface area contributed by atoms with Gasteiger partial charge in [0.15, 0.2) is 0 Å². The highest BCUT2D eigenvalue weighted by Crippen LogP contribution is 2.25. The minimum atomic E-state index is -0.845. The van der Waals surface area contributed by atoms with Crippen LogP contribution in [0.3, 0.4) is 0 Å². The first-order chi connectivity index (χ1) is 11.6. The largest absolute Gasteiger partial charge is 0.480 e. The maximum absolute atomic E-state index is 11.6. The van der Waals surface area contributed by atoms with Gasteiger partial charge in [0.25, 0.3) is 0 Å². The van der Waals surface area contributed by atoms with Gasteiger partial charge in [-0.3, -0.25) is 9.69 Å². The van der Waals surface area contributed by atoms with Crippen molar-refractivity contribution in [1.29, 1.82) is 0 Å². The van der Waals surface area contributed by atoms with E-state index in [1.165, 1.54) is 0 Å². The molecule has 1 aliphatic heterocycles. The first-order valence-electron chi connectivity index (χ1n) is 7.64. The Balaban J connectivity index is 1.66. The van der Waals surface area contributed by atoms with Gasteiger partial charge in [0.2, 0.25) is 0 Å². The number of hydrogen-bond donors (Lipinski definition) is 2. The summed E-state index contributed by atoms with van der Waals surface area (Å²) in [6.45, 7) is 0.950. The summed E-state index contributed by atoms with van der Waals surface area (Å²) in [5.74, 6) is -0.845. The number of aliphatic carboxylic acids is 1. The molecule has 2 N–H and O–H groups in total. The summed E-state index contributed by atoms with van der Waals surface area (Å²) in [4.78, 5) is 25.4. The molecule has 0 spiro atoms. The number of pyridine rings is 1. The van der Waals surface area contributed by atoms with Crippen LogP contribution in [0.4, 0.5) is 0 Å². The molecule has 3 heterocycles. The zero-order valence-electron chi connectivity index (χ0n) is 12.7. The zero-order valence-corrected chi connectivity index (χ0v) is 13.5. The standard InChI is InChI=1S/C17H15ClN4O2/c18-12-3-1-2-10-4-5-11(21-16(10)12)7-22-8-14-13(19-9-20-14)6-15(22)17(23)24/h1-5,9,15H,6-8H2,(H,19,20)(H,23,24)/t15-/m0/s1. The third-order valence-electron chi connectivity index (χ3n) is 4.38. The Labute approximate surface area is 143 Å². The summed E-state index contributed by atoms with van der Waals surface area (Å²) in [6.07, 6.45) is 2.00. The molecule has 0 bridgehead atoms. The average Bonchev–Trinajstić information content (AvgIpc) is 3.02. The molecule has 0 saturated carbocycles. The Hall–Kier alpha value is -2.44. The van der Waals surface area contributed by atoms with Crippen molar-refractivity contribution in [3.63, 3.8) is 0 Å². The first-order valence-corrected chi connectivity index (χ1v) is 8.02. The number of imidazole rings is 1. The molecule has 1 aromatic carbocycles. The van der Waals surface area contributed by atoms with Crippen molar-refractivity contribution >= 4 is 28.5 Å². The van der Waals surface area contributed by atoms with Crippen molar-refractivity contribution in [1.82, 2.24) is 19.9 Å². The van der Waals surface area contributed by atoms with Crippen LogP contribution in [0.2, 0.25) is 5.02 Å². The summed E-state index contributed by atoms with van der Waals surface area (Å²) in [5, 5.41) is 11.1. The van der Waals surface area contributed by atoms with E-state index in [1.807, 2.05) is 29.2 Å². The van der Waals surface area contributed by atoms with Crippen molar-refractivity contribution in [3.05, 3.63) is 58.8 Å². The summed E-state index contributed by atoms with van der Waals surface area (Å²) in [7, 11) is 0. The van der Waals surface area contributed by atoms with E-state index in [0.29, 0.717) is 24.5 Å². The van der Waals surface area contributed by atoms with E-state index in [1.54, 1.807) is 12.4 Å². The van der Waals surface area contributed by atoms with Gasteiger partial charge in [0.05, 0.1) is 33.9 Å². The number of halogens is 1. The number of carboxylic acid groups (broad SMARTS) is 1. The lowest BCUT2D eigenvalue weighted by molar-refractivity contribution is -0.144. The van der Waals surface area contributed by atoms with Gasteiger partial charge in [-0.05, 0) is 12.1 Å². The van der Waals surface area contributed by atoms with Gasteiger partial charge in [-0.15, -0.1) is 0 Å². The summed E-state index contributed by atoms with van der Waals surface area (Å²) in [5.41, 5.74) is 3.33. The molecule has 7 heteroatoms. The second kappa shape index (κ2) is 5.89. The van der Waals surface area contributed by atoms with E-state index in [9.17, 15) is 9.90 Å². The van der Waals surface area contributed by atoms with E-state index in [-0.39, 0.29) is 0 Å². The zero-order chi connectivity index (χ0) is 16.7. The summed E-state index contributed by atoms with van der Waals surface area (Å²) >= 11 is 6.22. The SMILES string of the molecule is O=C(O)[C@@H]1Cc2nc[nH]c2CN1Cc1ccc2cccc(Cl)c2n1. The van der Waals surface area contributed by atoms with Crippen LogP contribution in [-0.2, 0) is 24.3 Å². The van der Waals surface area contributed by atoms with E-state index in [2.05, 4.69) is 15.0 Å². The normalized spacial score (nSPS) is 17.8. The fourth-order valence-electron chi connectivity index (χ4n) is 3.14. The predicted octanol–water partition coefficient (Wildman–Crippen LogP) is 2.62. The number of carboxylic acids is 1. The Bertz CT molecular complexity index is 924. The lowest BCUT2D eigenvalue weighted by Gasteiger charge is -2.31. The molecule has 24 heavy (non-hydrogen) atoms. The number of benzene rings is 1. The molecular weight excluding hydrogens is 328 g/mol. The summed E-state index contributed by atoms with van der Waals surface area (Å²) < 4.78 is 0. The molecule has 0 radical (unpaired) electrons. The quantitative estimate of drug-likeness (QED) is 0.764. The molecule has 122 valence electrons. The molecule has 1 aliphatic rings.